The monoisotopic (exact) mass is 199 g/mol. The molecule has 0 heterocycles. The van der Waals surface area contributed by atoms with Crippen LogP contribution < -0.4 is 5.32 Å². The quantitative estimate of drug-likeness (QED) is 0.762. The molecule has 1 aliphatic rings. The molecule has 0 saturated carbocycles. The number of hydrogen-bond acceptors (Lipinski definition) is 1. The molecule has 0 saturated heterocycles. The highest BCUT2D eigenvalue weighted by atomic mass is 14.9. The van der Waals surface area contributed by atoms with Crippen LogP contribution in [0.4, 0.5) is 5.69 Å². The third-order valence-electron chi connectivity index (χ3n) is 2.72. The Morgan fingerprint density at radius 3 is 2.80 bits per heavy atom. The Kier molecular flexibility index (Phi) is 2.91. The van der Waals surface area contributed by atoms with Crippen LogP contribution in [0.25, 0.3) is 0 Å². The molecule has 1 aliphatic carbocycles. The van der Waals surface area contributed by atoms with Gasteiger partial charge in [-0.3, -0.25) is 0 Å². The summed E-state index contributed by atoms with van der Waals surface area (Å²) < 4.78 is 0. The van der Waals surface area contributed by atoms with Crippen molar-refractivity contribution >= 4 is 5.69 Å². The molecule has 1 nitrogen and oxygen atoms in total. The van der Waals surface area contributed by atoms with Crippen LogP contribution in [-0.2, 0) is 0 Å². The SMILES string of the molecule is Cc1ccccc1NC1=CC=CC(C)C1. The van der Waals surface area contributed by atoms with Crippen LogP contribution in [0.2, 0.25) is 0 Å². The van der Waals surface area contributed by atoms with Gasteiger partial charge in [0.25, 0.3) is 0 Å². The zero-order valence-corrected chi connectivity index (χ0v) is 9.33. The first kappa shape index (κ1) is 10.0. The van der Waals surface area contributed by atoms with Crippen LogP contribution in [0.3, 0.4) is 0 Å². The molecular formula is C14H17N. The summed E-state index contributed by atoms with van der Waals surface area (Å²) in [5.41, 5.74) is 3.81. The second-order valence-corrected chi connectivity index (χ2v) is 4.20. The van der Waals surface area contributed by atoms with Crippen LogP contribution in [0.5, 0.6) is 0 Å². The van der Waals surface area contributed by atoms with E-state index in [1.807, 2.05) is 0 Å². The van der Waals surface area contributed by atoms with Crippen molar-refractivity contribution in [2.24, 2.45) is 5.92 Å². The molecule has 1 N–H and O–H groups in total. The standard InChI is InChI=1S/C14H17N/c1-11-6-5-8-13(10-11)15-14-9-4-3-7-12(14)2/h3-9,11,15H,10H2,1-2H3. The van der Waals surface area contributed by atoms with E-state index < -0.39 is 0 Å². The summed E-state index contributed by atoms with van der Waals surface area (Å²) in [7, 11) is 0. The second-order valence-electron chi connectivity index (χ2n) is 4.20. The lowest BCUT2D eigenvalue weighted by Crippen LogP contribution is -2.06. The molecule has 1 heteroatoms. The van der Waals surface area contributed by atoms with Crippen molar-refractivity contribution in [1.82, 2.24) is 0 Å². The summed E-state index contributed by atoms with van der Waals surface area (Å²) >= 11 is 0. The van der Waals surface area contributed by atoms with Crippen molar-refractivity contribution in [3.8, 4) is 0 Å². The third kappa shape index (κ3) is 2.50. The molecule has 1 unspecified atom stereocenters. The fraction of sp³-hybridized carbons (Fsp3) is 0.286. The first-order valence-corrected chi connectivity index (χ1v) is 5.46. The number of para-hydroxylation sites is 1. The first-order valence-electron chi connectivity index (χ1n) is 5.46. The summed E-state index contributed by atoms with van der Waals surface area (Å²) in [5, 5.41) is 3.49. The largest absolute Gasteiger partial charge is 0.359 e. The normalized spacial score (nSPS) is 19.9. The molecule has 0 aromatic heterocycles. The van der Waals surface area contributed by atoms with E-state index in [4.69, 9.17) is 0 Å². The second kappa shape index (κ2) is 4.35. The van der Waals surface area contributed by atoms with E-state index in [0.717, 1.165) is 6.42 Å². The van der Waals surface area contributed by atoms with E-state index in [9.17, 15) is 0 Å². The summed E-state index contributed by atoms with van der Waals surface area (Å²) in [6.45, 7) is 4.37. The van der Waals surface area contributed by atoms with Gasteiger partial charge in [0, 0.05) is 11.4 Å². The maximum Gasteiger partial charge on any atom is 0.0411 e. The van der Waals surface area contributed by atoms with Gasteiger partial charge in [-0.1, -0.05) is 37.3 Å². The molecule has 0 radical (unpaired) electrons. The Morgan fingerprint density at radius 1 is 1.27 bits per heavy atom. The van der Waals surface area contributed by atoms with Gasteiger partial charge in [0.15, 0.2) is 0 Å². The number of benzene rings is 1. The molecule has 2 rings (SSSR count). The molecule has 0 spiro atoms. The van der Waals surface area contributed by atoms with E-state index in [2.05, 4.69) is 61.7 Å². The molecule has 1 aromatic rings. The molecule has 78 valence electrons. The van der Waals surface area contributed by atoms with Gasteiger partial charge in [-0.15, -0.1) is 0 Å². The van der Waals surface area contributed by atoms with E-state index in [0.29, 0.717) is 5.92 Å². The smallest absolute Gasteiger partial charge is 0.0411 e. The highest BCUT2D eigenvalue weighted by Gasteiger charge is 2.07. The predicted octanol–water partition coefficient (Wildman–Crippen LogP) is 3.89. The maximum absolute atomic E-state index is 3.49. The Balaban J connectivity index is 2.13. The molecule has 0 aliphatic heterocycles. The highest BCUT2D eigenvalue weighted by Crippen LogP contribution is 2.22. The third-order valence-corrected chi connectivity index (χ3v) is 2.72. The zero-order valence-electron chi connectivity index (χ0n) is 9.33. The van der Waals surface area contributed by atoms with Crippen LogP contribution >= 0.6 is 0 Å². The van der Waals surface area contributed by atoms with Gasteiger partial charge in [-0.2, -0.15) is 0 Å². The van der Waals surface area contributed by atoms with E-state index >= 15 is 0 Å². The maximum atomic E-state index is 3.49. The lowest BCUT2D eigenvalue weighted by Gasteiger charge is -2.17. The molecule has 0 amide bonds. The van der Waals surface area contributed by atoms with Gasteiger partial charge >= 0.3 is 0 Å². The van der Waals surface area contributed by atoms with Crippen LogP contribution in [0.1, 0.15) is 18.9 Å². The van der Waals surface area contributed by atoms with Crippen molar-refractivity contribution in [3.63, 3.8) is 0 Å². The lowest BCUT2D eigenvalue weighted by atomic mass is 10.00. The van der Waals surface area contributed by atoms with Crippen molar-refractivity contribution in [3.05, 3.63) is 53.8 Å². The fourth-order valence-corrected chi connectivity index (χ4v) is 1.82. The van der Waals surface area contributed by atoms with Gasteiger partial charge < -0.3 is 5.32 Å². The van der Waals surface area contributed by atoms with E-state index in [1.165, 1.54) is 16.9 Å². The first-order chi connectivity index (χ1) is 7.25. The number of anilines is 1. The Bertz CT molecular complexity index is 402. The van der Waals surface area contributed by atoms with Gasteiger partial charge in [0.2, 0.25) is 0 Å². The van der Waals surface area contributed by atoms with Gasteiger partial charge in [-0.05, 0) is 37.0 Å². The minimum Gasteiger partial charge on any atom is -0.359 e. The number of allylic oxidation sites excluding steroid dienone is 4. The van der Waals surface area contributed by atoms with Crippen molar-refractivity contribution in [2.45, 2.75) is 20.3 Å². The van der Waals surface area contributed by atoms with Crippen molar-refractivity contribution < 1.29 is 0 Å². The van der Waals surface area contributed by atoms with Crippen molar-refractivity contribution in [1.29, 1.82) is 0 Å². The lowest BCUT2D eigenvalue weighted by molar-refractivity contribution is 0.710. The molecule has 1 atom stereocenters. The van der Waals surface area contributed by atoms with Crippen LogP contribution in [0.15, 0.2) is 48.2 Å². The summed E-state index contributed by atoms with van der Waals surface area (Å²) in [4.78, 5) is 0. The average molecular weight is 199 g/mol. The van der Waals surface area contributed by atoms with Crippen LogP contribution in [0, 0.1) is 12.8 Å². The Labute approximate surface area is 91.5 Å². The fourth-order valence-electron chi connectivity index (χ4n) is 1.82. The molecular weight excluding hydrogens is 182 g/mol. The Hall–Kier alpha value is -1.50. The summed E-state index contributed by atoms with van der Waals surface area (Å²) in [6.07, 6.45) is 7.63. The number of aryl methyl sites for hydroxylation is 1. The van der Waals surface area contributed by atoms with Gasteiger partial charge in [-0.25, -0.2) is 0 Å². The molecule has 0 fully saturated rings. The average Bonchev–Trinajstić information content (AvgIpc) is 2.22. The zero-order chi connectivity index (χ0) is 10.7. The van der Waals surface area contributed by atoms with E-state index in [1.54, 1.807) is 0 Å². The molecule has 0 bridgehead atoms. The summed E-state index contributed by atoms with van der Waals surface area (Å²) in [6, 6.07) is 8.39. The number of rotatable bonds is 2. The number of nitrogens with one attached hydrogen (secondary N) is 1. The van der Waals surface area contributed by atoms with Gasteiger partial charge in [0.1, 0.15) is 0 Å². The van der Waals surface area contributed by atoms with E-state index in [-0.39, 0.29) is 0 Å². The van der Waals surface area contributed by atoms with Crippen LogP contribution in [-0.4, -0.2) is 0 Å². The molecule has 15 heavy (non-hydrogen) atoms. The highest BCUT2D eigenvalue weighted by molar-refractivity contribution is 5.54. The topological polar surface area (TPSA) is 12.0 Å². The minimum atomic E-state index is 0.640. The minimum absolute atomic E-state index is 0.640. The summed E-state index contributed by atoms with van der Waals surface area (Å²) in [5.74, 6) is 0.640. The Morgan fingerprint density at radius 2 is 2.07 bits per heavy atom. The number of hydrogen-bond donors (Lipinski definition) is 1. The molecule has 1 aromatic carbocycles. The predicted molar refractivity (Wildman–Crippen MR) is 65.8 cm³/mol. The van der Waals surface area contributed by atoms with Gasteiger partial charge in [0.05, 0.1) is 0 Å². The van der Waals surface area contributed by atoms with Crippen molar-refractivity contribution in [2.75, 3.05) is 5.32 Å².